The van der Waals surface area contributed by atoms with Crippen LogP contribution >= 0.6 is 0 Å². The second kappa shape index (κ2) is 5.46. The highest BCUT2D eigenvalue weighted by Gasteiger charge is 2.32. The Kier molecular flexibility index (Phi) is 3.52. The minimum Gasteiger partial charge on any atom is -0.478 e. The highest BCUT2D eigenvalue weighted by Crippen LogP contribution is 2.34. The molecule has 1 unspecified atom stereocenters. The van der Waals surface area contributed by atoms with Crippen molar-refractivity contribution in [3.8, 4) is 0 Å². The van der Waals surface area contributed by atoms with Crippen molar-refractivity contribution in [1.29, 1.82) is 0 Å². The van der Waals surface area contributed by atoms with Crippen molar-refractivity contribution in [3.63, 3.8) is 0 Å². The van der Waals surface area contributed by atoms with E-state index in [9.17, 15) is 9.90 Å². The van der Waals surface area contributed by atoms with E-state index >= 15 is 0 Å². The fourth-order valence-corrected chi connectivity index (χ4v) is 2.78. The van der Waals surface area contributed by atoms with Crippen LogP contribution in [0.1, 0.15) is 40.6 Å². The van der Waals surface area contributed by atoms with Crippen LogP contribution in [0.4, 0.5) is 0 Å². The zero-order chi connectivity index (χ0) is 13.9. The minimum atomic E-state index is -0.979. The molecular weight excluding hydrogens is 256 g/mol. The average molecular weight is 272 g/mol. The molecule has 2 heterocycles. The van der Waals surface area contributed by atoms with E-state index in [-0.39, 0.29) is 11.6 Å². The predicted octanol–water partition coefficient (Wildman–Crippen LogP) is 2.71. The maximum atomic E-state index is 11.2. The topological polar surface area (TPSA) is 66.6 Å². The normalized spacial score (nSPS) is 19.3. The molecule has 0 amide bonds. The summed E-state index contributed by atoms with van der Waals surface area (Å²) in [5.74, 6) is -0.501. The molecule has 3 rings (SSSR count). The first-order chi connectivity index (χ1) is 9.75. The number of nitrogens with zero attached hydrogens (tertiary/aromatic N) is 2. The van der Waals surface area contributed by atoms with Gasteiger partial charge in [-0.2, -0.15) is 0 Å². The minimum absolute atomic E-state index is 0.00352. The molecular formula is C15H16N2O3. The SMILES string of the molecule is O=C(O)c1cnoc1C1CCCN1Cc1ccccc1. The van der Waals surface area contributed by atoms with Crippen LogP contribution in [0.3, 0.4) is 0 Å². The molecule has 0 spiro atoms. The molecule has 20 heavy (non-hydrogen) atoms. The van der Waals surface area contributed by atoms with E-state index in [2.05, 4.69) is 22.2 Å². The van der Waals surface area contributed by atoms with Gasteiger partial charge in [0.2, 0.25) is 0 Å². The lowest BCUT2D eigenvalue weighted by Crippen LogP contribution is -2.23. The van der Waals surface area contributed by atoms with E-state index < -0.39 is 5.97 Å². The van der Waals surface area contributed by atoms with Crippen molar-refractivity contribution in [2.75, 3.05) is 6.54 Å². The quantitative estimate of drug-likeness (QED) is 0.927. The number of hydrogen-bond acceptors (Lipinski definition) is 4. The number of hydrogen-bond donors (Lipinski definition) is 1. The predicted molar refractivity (Wildman–Crippen MR) is 72.3 cm³/mol. The molecule has 1 aromatic heterocycles. The summed E-state index contributed by atoms with van der Waals surface area (Å²) in [5, 5.41) is 12.8. The van der Waals surface area contributed by atoms with Crippen molar-refractivity contribution < 1.29 is 14.4 Å². The number of benzene rings is 1. The van der Waals surface area contributed by atoms with Crippen molar-refractivity contribution >= 4 is 5.97 Å². The van der Waals surface area contributed by atoms with Crippen LogP contribution in [-0.2, 0) is 6.54 Å². The van der Waals surface area contributed by atoms with E-state index in [0.717, 1.165) is 25.9 Å². The lowest BCUT2D eigenvalue weighted by Gasteiger charge is -2.22. The highest BCUT2D eigenvalue weighted by molar-refractivity contribution is 5.88. The van der Waals surface area contributed by atoms with E-state index in [1.54, 1.807) is 0 Å². The van der Waals surface area contributed by atoms with Crippen LogP contribution in [0.15, 0.2) is 41.1 Å². The van der Waals surface area contributed by atoms with Crippen LogP contribution in [0.25, 0.3) is 0 Å². The summed E-state index contributed by atoms with van der Waals surface area (Å²) in [6, 6.07) is 10.2. The first-order valence-corrected chi connectivity index (χ1v) is 6.71. The number of aromatic nitrogens is 1. The van der Waals surface area contributed by atoms with Crippen molar-refractivity contribution in [1.82, 2.24) is 10.1 Å². The molecule has 1 N–H and O–H groups in total. The summed E-state index contributed by atoms with van der Waals surface area (Å²) in [6.07, 6.45) is 3.23. The lowest BCUT2D eigenvalue weighted by atomic mass is 10.1. The molecule has 5 nitrogen and oxygen atoms in total. The number of aromatic carboxylic acids is 1. The summed E-state index contributed by atoms with van der Waals surface area (Å²) in [7, 11) is 0. The molecule has 1 atom stereocenters. The lowest BCUT2D eigenvalue weighted by molar-refractivity contribution is 0.0690. The number of likely N-dealkylation sites (tertiary alicyclic amines) is 1. The Morgan fingerprint density at radius 2 is 2.20 bits per heavy atom. The zero-order valence-electron chi connectivity index (χ0n) is 11.0. The van der Waals surface area contributed by atoms with Gasteiger partial charge in [-0.15, -0.1) is 0 Å². The Hall–Kier alpha value is -2.14. The first kappa shape index (κ1) is 12.9. The van der Waals surface area contributed by atoms with Crippen LogP contribution < -0.4 is 0 Å². The van der Waals surface area contributed by atoms with Crippen LogP contribution in [0, 0.1) is 0 Å². The summed E-state index contributed by atoms with van der Waals surface area (Å²) in [5.41, 5.74) is 1.39. The van der Waals surface area contributed by atoms with Crippen molar-refractivity contribution in [3.05, 3.63) is 53.4 Å². The molecule has 0 aliphatic carbocycles. The Bertz CT molecular complexity index is 594. The summed E-state index contributed by atoms with van der Waals surface area (Å²) < 4.78 is 5.21. The average Bonchev–Trinajstić information content (AvgIpc) is 3.07. The van der Waals surface area contributed by atoms with Crippen molar-refractivity contribution in [2.24, 2.45) is 0 Å². The maximum Gasteiger partial charge on any atom is 0.341 e. The number of carboxylic acid groups (broad SMARTS) is 1. The summed E-state index contributed by atoms with van der Waals surface area (Å²) >= 11 is 0. The van der Waals surface area contributed by atoms with Gasteiger partial charge in [0, 0.05) is 6.54 Å². The standard InChI is InChI=1S/C15H16N2O3/c18-15(19)12-9-16-20-14(12)13-7-4-8-17(13)10-11-5-2-1-3-6-11/h1-3,5-6,9,13H,4,7-8,10H2,(H,18,19). The van der Waals surface area contributed by atoms with E-state index in [4.69, 9.17) is 4.52 Å². The molecule has 1 aliphatic heterocycles. The summed E-state index contributed by atoms with van der Waals surface area (Å²) in [4.78, 5) is 13.4. The van der Waals surface area contributed by atoms with Gasteiger partial charge in [-0.3, -0.25) is 4.90 Å². The Labute approximate surface area is 116 Å². The molecule has 1 aliphatic rings. The zero-order valence-corrected chi connectivity index (χ0v) is 11.0. The van der Waals surface area contributed by atoms with Crippen molar-refractivity contribution in [2.45, 2.75) is 25.4 Å². The first-order valence-electron chi connectivity index (χ1n) is 6.71. The van der Waals surface area contributed by atoms with Gasteiger partial charge in [0.05, 0.1) is 12.2 Å². The maximum absolute atomic E-state index is 11.2. The van der Waals surface area contributed by atoms with E-state index in [1.807, 2.05) is 18.2 Å². The fourth-order valence-electron chi connectivity index (χ4n) is 2.78. The fraction of sp³-hybridized carbons (Fsp3) is 0.333. The van der Waals surface area contributed by atoms with Gasteiger partial charge in [-0.25, -0.2) is 4.79 Å². The molecule has 104 valence electrons. The second-order valence-corrected chi connectivity index (χ2v) is 5.02. The third-order valence-corrected chi connectivity index (χ3v) is 3.72. The summed E-state index contributed by atoms with van der Waals surface area (Å²) in [6.45, 7) is 1.74. The molecule has 0 bridgehead atoms. The Morgan fingerprint density at radius 3 is 2.95 bits per heavy atom. The van der Waals surface area contributed by atoms with Gasteiger partial charge in [0.15, 0.2) is 5.76 Å². The molecule has 5 heteroatoms. The smallest absolute Gasteiger partial charge is 0.341 e. The Morgan fingerprint density at radius 1 is 1.40 bits per heavy atom. The highest BCUT2D eigenvalue weighted by atomic mass is 16.5. The molecule has 1 saturated heterocycles. The van der Waals surface area contributed by atoms with Crippen LogP contribution in [0.2, 0.25) is 0 Å². The second-order valence-electron chi connectivity index (χ2n) is 5.02. The van der Waals surface area contributed by atoms with Crippen LogP contribution in [-0.4, -0.2) is 27.7 Å². The van der Waals surface area contributed by atoms with Crippen LogP contribution in [0.5, 0.6) is 0 Å². The number of rotatable bonds is 4. The molecule has 0 saturated carbocycles. The largest absolute Gasteiger partial charge is 0.478 e. The molecule has 1 aromatic carbocycles. The third kappa shape index (κ3) is 2.44. The molecule has 1 fully saturated rings. The third-order valence-electron chi connectivity index (χ3n) is 3.72. The van der Waals surface area contributed by atoms with E-state index in [0.29, 0.717) is 5.76 Å². The van der Waals surface area contributed by atoms with Gasteiger partial charge >= 0.3 is 5.97 Å². The molecule has 0 radical (unpaired) electrons. The van der Waals surface area contributed by atoms with Gasteiger partial charge in [-0.05, 0) is 24.9 Å². The Balaban J connectivity index is 1.82. The van der Waals surface area contributed by atoms with Gasteiger partial charge in [-0.1, -0.05) is 35.5 Å². The van der Waals surface area contributed by atoms with E-state index in [1.165, 1.54) is 11.8 Å². The van der Waals surface area contributed by atoms with Gasteiger partial charge in [0.25, 0.3) is 0 Å². The van der Waals surface area contributed by atoms with Gasteiger partial charge < -0.3 is 9.63 Å². The monoisotopic (exact) mass is 272 g/mol. The number of carbonyl (C=O) groups is 1. The van der Waals surface area contributed by atoms with Gasteiger partial charge in [0.1, 0.15) is 5.56 Å². The molecule has 2 aromatic rings. The number of carboxylic acids is 1.